The summed E-state index contributed by atoms with van der Waals surface area (Å²) in [7, 11) is 0. The molecule has 0 aliphatic carbocycles. The van der Waals surface area contributed by atoms with Crippen LogP contribution in [0.15, 0.2) is 42.6 Å². The minimum Gasteiger partial charge on any atom is -0.484 e. The maximum atomic E-state index is 12.2. The third kappa shape index (κ3) is 5.08. The number of amides is 1. The highest BCUT2D eigenvalue weighted by atomic mass is 16.6. The van der Waals surface area contributed by atoms with E-state index in [0.29, 0.717) is 30.3 Å². The Hall–Kier alpha value is -2.80. The Bertz CT molecular complexity index is 974. The molecule has 1 unspecified atom stereocenters. The molecule has 1 N–H and O–H groups in total. The molecule has 5 rings (SSSR count). The van der Waals surface area contributed by atoms with Crippen LogP contribution in [-0.4, -0.2) is 46.3 Å². The Morgan fingerprint density at radius 3 is 2.58 bits per heavy atom. The summed E-state index contributed by atoms with van der Waals surface area (Å²) in [6, 6.07) is 13.6. The molecule has 1 amide bonds. The average molecular weight is 452 g/mol. The van der Waals surface area contributed by atoms with E-state index in [9.17, 15) is 4.79 Å². The van der Waals surface area contributed by atoms with Crippen LogP contribution in [-0.2, 0) is 11.3 Å². The molecule has 0 spiro atoms. The zero-order valence-electron chi connectivity index (χ0n) is 19.6. The van der Waals surface area contributed by atoms with E-state index < -0.39 is 5.60 Å². The second kappa shape index (κ2) is 8.86. The molecule has 33 heavy (non-hydrogen) atoms. The lowest BCUT2D eigenvalue weighted by Gasteiger charge is -2.39. The minimum atomic E-state index is -0.468. The molecule has 7 nitrogen and oxygen atoms in total. The van der Waals surface area contributed by atoms with E-state index in [4.69, 9.17) is 14.2 Å². The van der Waals surface area contributed by atoms with Crippen molar-refractivity contribution >= 4 is 6.09 Å². The maximum absolute atomic E-state index is 12.2. The van der Waals surface area contributed by atoms with Crippen LogP contribution < -0.4 is 14.8 Å². The number of ether oxygens (including phenoxy) is 3. The Morgan fingerprint density at radius 1 is 1.15 bits per heavy atom. The normalized spacial score (nSPS) is 26.6. The summed E-state index contributed by atoms with van der Waals surface area (Å²) in [5, 5.41) is 3.09. The van der Waals surface area contributed by atoms with Crippen molar-refractivity contribution in [2.45, 2.75) is 82.8 Å². The number of alkyl carbamates (subject to hydrolysis) is 1. The van der Waals surface area contributed by atoms with Gasteiger partial charge in [0.05, 0.1) is 0 Å². The first-order chi connectivity index (χ1) is 15.8. The number of carbonyl (C=O) groups excluding carboxylic acids is 1. The quantitative estimate of drug-likeness (QED) is 0.732. The Morgan fingerprint density at radius 2 is 1.88 bits per heavy atom. The van der Waals surface area contributed by atoms with Gasteiger partial charge in [0.15, 0.2) is 11.9 Å². The van der Waals surface area contributed by atoms with Crippen molar-refractivity contribution in [1.29, 1.82) is 0 Å². The highest BCUT2D eigenvalue weighted by Gasteiger charge is 2.41. The van der Waals surface area contributed by atoms with E-state index in [1.165, 1.54) is 18.4 Å². The van der Waals surface area contributed by atoms with Crippen molar-refractivity contribution in [3.8, 4) is 11.6 Å². The number of fused-ring (bicyclic) bond motifs is 3. The number of benzene rings is 1. The molecule has 3 aliphatic rings. The standard InChI is InChI=1S/C26H33N3O4/c1-26(2,3)33-25(30)28-19-13-20-10-11-21(14-19)29(20)15-17-6-8-18(9-7-17)23-16-31-22-5-4-12-27-24(22)32-23/h4-9,12,19-21,23H,10-11,13-16H2,1-3H3,(H,28,30)/t19?,20-,21+,23-/m1/s1. The van der Waals surface area contributed by atoms with Crippen molar-refractivity contribution in [2.24, 2.45) is 0 Å². The number of rotatable bonds is 4. The van der Waals surface area contributed by atoms with Crippen LogP contribution in [0.25, 0.3) is 0 Å². The lowest BCUT2D eigenvalue weighted by molar-refractivity contribution is 0.0436. The first kappa shape index (κ1) is 22.0. The Labute approximate surface area is 195 Å². The van der Waals surface area contributed by atoms with Gasteiger partial charge in [0.2, 0.25) is 0 Å². The summed E-state index contributed by atoms with van der Waals surface area (Å²) in [5.41, 5.74) is 1.92. The van der Waals surface area contributed by atoms with Crippen LogP contribution in [0.5, 0.6) is 11.6 Å². The van der Waals surface area contributed by atoms with E-state index in [0.717, 1.165) is 24.9 Å². The topological polar surface area (TPSA) is 72.9 Å². The van der Waals surface area contributed by atoms with Crippen LogP contribution in [0, 0.1) is 0 Å². The monoisotopic (exact) mass is 451 g/mol. The molecule has 1 aromatic heterocycles. The first-order valence-corrected chi connectivity index (χ1v) is 11.9. The number of nitrogens with zero attached hydrogens (tertiary/aromatic N) is 2. The van der Waals surface area contributed by atoms with E-state index in [1.54, 1.807) is 6.20 Å². The Kier molecular flexibility index (Phi) is 5.91. The molecule has 176 valence electrons. The van der Waals surface area contributed by atoms with Gasteiger partial charge in [0.1, 0.15) is 12.2 Å². The van der Waals surface area contributed by atoms with Gasteiger partial charge in [0.25, 0.3) is 5.88 Å². The molecule has 4 heterocycles. The molecule has 3 aliphatic heterocycles. The van der Waals surface area contributed by atoms with Crippen LogP contribution in [0.3, 0.4) is 0 Å². The fraction of sp³-hybridized carbons (Fsp3) is 0.538. The number of piperidine rings is 1. The molecular weight excluding hydrogens is 418 g/mol. The summed E-state index contributed by atoms with van der Waals surface area (Å²) in [5.74, 6) is 1.25. The molecule has 2 fully saturated rings. The molecular formula is C26H33N3O4. The smallest absolute Gasteiger partial charge is 0.407 e. The summed E-state index contributed by atoms with van der Waals surface area (Å²) in [6.07, 6.45) is 5.61. The highest BCUT2D eigenvalue weighted by Crippen LogP contribution is 2.38. The third-order valence-corrected chi connectivity index (χ3v) is 6.70. The predicted molar refractivity (Wildman–Crippen MR) is 124 cm³/mol. The molecule has 1 aromatic carbocycles. The lowest BCUT2D eigenvalue weighted by atomic mass is 9.96. The first-order valence-electron chi connectivity index (χ1n) is 11.9. The van der Waals surface area contributed by atoms with Crippen molar-refractivity contribution in [3.05, 3.63) is 53.7 Å². The van der Waals surface area contributed by atoms with Gasteiger partial charge in [-0.1, -0.05) is 24.3 Å². The van der Waals surface area contributed by atoms with Gasteiger partial charge in [0, 0.05) is 30.9 Å². The van der Waals surface area contributed by atoms with Gasteiger partial charge < -0.3 is 19.5 Å². The SMILES string of the molecule is CC(C)(C)OC(=O)NC1C[C@H]2CC[C@@H](C1)N2Cc1ccc([C@H]2COc3cccnc3O2)cc1. The number of aromatic nitrogens is 1. The van der Waals surface area contributed by atoms with E-state index in [1.807, 2.05) is 32.9 Å². The number of pyridine rings is 1. The fourth-order valence-corrected chi connectivity index (χ4v) is 5.25. The van der Waals surface area contributed by atoms with E-state index in [-0.39, 0.29) is 18.2 Å². The van der Waals surface area contributed by atoms with Gasteiger partial charge in [-0.25, -0.2) is 9.78 Å². The van der Waals surface area contributed by atoms with Crippen LogP contribution in [0.1, 0.15) is 63.7 Å². The van der Waals surface area contributed by atoms with Crippen molar-refractivity contribution in [3.63, 3.8) is 0 Å². The predicted octanol–water partition coefficient (Wildman–Crippen LogP) is 4.61. The molecule has 2 saturated heterocycles. The average Bonchev–Trinajstić information content (AvgIpc) is 3.00. The van der Waals surface area contributed by atoms with E-state index in [2.05, 4.69) is 39.5 Å². The second-order valence-corrected chi connectivity index (χ2v) is 10.3. The summed E-state index contributed by atoms with van der Waals surface area (Å²) in [6.45, 7) is 7.11. The minimum absolute atomic E-state index is 0.146. The van der Waals surface area contributed by atoms with Crippen molar-refractivity contribution in [2.75, 3.05) is 6.61 Å². The van der Waals surface area contributed by atoms with Gasteiger partial charge in [-0.05, 0) is 69.7 Å². The van der Waals surface area contributed by atoms with Crippen LogP contribution in [0.2, 0.25) is 0 Å². The third-order valence-electron chi connectivity index (χ3n) is 6.70. The molecule has 2 aromatic rings. The second-order valence-electron chi connectivity index (χ2n) is 10.3. The summed E-state index contributed by atoms with van der Waals surface area (Å²) in [4.78, 5) is 19.1. The maximum Gasteiger partial charge on any atom is 0.407 e. The largest absolute Gasteiger partial charge is 0.484 e. The number of nitrogens with one attached hydrogen (secondary N) is 1. The lowest BCUT2D eigenvalue weighted by Crippen LogP contribution is -2.50. The number of hydrogen-bond acceptors (Lipinski definition) is 6. The summed E-state index contributed by atoms with van der Waals surface area (Å²) >= 11 is 0. The molecule has 7 heteroatoms. The highest BCUT2D eigenvalue weighted by molar-refractivity contribution is 5.68. The van der Waals surface area contributed by atoms with E-state index >= 15 is 0 Å². The zero-order chi connectivity index (χ0) is 23.0. The molecule has 2 bridgehead atoms. The van der Waals surface area contributed by atoms with Crippen LogP contribution >= 0.6 is 0 Å². The zero-order valence-corrected chi connectivity index (χ0v) is 19.6. The van der Waals surface area contributed by atoms with Gasteiger partial charge in [-0.3, -0.25) is 4.90 Å². The van der Waals surface area contributed by atoms with Crippen molar-refractivity contribution in [1.82, 2.24) is 15.2 Å². The van der Waals surface area contributed by atoms with Gasteiger partial charge in [-0.2, -0.15) is 0 Å². The fourth-order valence-electron chi connectivity index (χ4n) is 5.25. The van der Waals surface area contributed by atoms with Crippen molar-refractivity contribution < 1.29 is 19.0 Å². The van der Waals surface area contributed by atoms with Gasteiger partial charge in [-0.15, -0.1) is 0 Å². The summed E-state index contributed by atoms with van der Waals surface area (Å²) < 4.78 is 17.3. The number of hydrogen-bond donors (Lipinski definition) is 1. The number of carbonyl (C=O) groups is 1. The molecule has 0 radical (unpaired) electrons. The van der Waals surface area contributed by atoms with Crippen LogP contribution in [0.4, 0.5) is 4.79 Å². The molecule has 4 atom stereocenters. The van der Waals surface area contributed by atoms with Gasteiger partial charge >= 0.3 is 6.09 Å². The molecule has 0 saturated carbocycles. The Balaban J connectivity index is 1.17.